The zero-order valence-corrected chi connectivity index (χ0v) is 16.8. The van der Waals surface area contributed by atoms with Gasteiger partial charge in [-0.3, -0.25) is 4.79 Å². The van der Waals surface area contributed by atoms with E-state index >= 15 is 0 Å². The molecule has 0 spiro atoms. The maximum atomic E-state index is 13.1. The Kier molecular flexibility index (Phi) is 6.49. The number of esters is 1. The van der Waals surface area contributed by atoms with Gasteiger partial charge in [-0.25, -0.2) is 0 Å². The number of ether oxygens (including phenoxy) is 1. The van der Waals surface area contributed by atoms with Gasteiger partial charge >= 0.3 is 5.97 Å². The van der Waals surface area contributed by atoms with Crippen LogP contribution in [0.3, 0.4) is 0 Å². The minimum atomic E-state index is -0.173. The second kappa shape index (κ2) is 8.44. The highest BCUT2D eigenvalue weighted by Crippen LogP contribution is 2.60. The summed E-state index contributed by atoms with van der Waals surface area (Å²) in [5.41, 5.74) is 0.0401. The second-order valence-corrected chi connectivity index (χ2v) is 9.23. The highest BCUT2D eigenvalue weighted by Gasteiger charge is 2.57. The molecule has 144 valence electrons. The maximum absolute atomic E-state index is 13.1. The Morgan fingerprint density at radius 2 is 1.36 bits per heavy atom. The van der Waals surface area contributed by atoms with Gasteiger partial charge in [0.2, 0.25) is 0 Å². The molecule has 3 rings (SSSR count). The third kappa shape index (κ3) is 3.65. The number of hydrogen-bond donors (Lipinski definition) is 0. The summed E-state index contributed by atoms with van der Waals surface area (Å²) in [5, 5.41) is 0. The van der Waals surface area contributed by atoms with E-state index < -0.39 is 0 Å². The molecule has 2 heteroatoms. The molecule has 0 heterocycles. The van der Waals surface area contributed by atoms with E-state index in [0.29, 0.717) is 6.61 Å². The molecule has 0 unspecified atom stereocenters. The van der Waals surface area contributed by atoms with Crippen molar-refractivity contribution < 1.29 is 9.53 Å². The lowest BCUT2D eigenvalue weighted by Crippen LogP contribution is -2.51. The first-order valence-corrected chi connectivity index (χ1v) is 11.3. The molecular weight excluding hydrogens is 308 g/mol. The minimum absolute atomic E-state index is 0.146. The fourth-order valence-corrected chi connectivity index (χ4v) is 6.82. The van der Waals surface area contributed by atoms with E-state index in [4.69, 9.17) is 4.74 Å². The average Bonchev–Trinajstić information content (AvgIpc) is 2.69. The van der Waals surface area contributed by atoms with Crippen LogP contribution in [-0.2, 0) is 9.53 Å². The Morgan fingerprint density at radius 3 is 1.92 bits per heavy atom. The first-order chi connectivity index (χ1) is 12.2. The highest BCUT2D eigenvalue weighted by atomic mass is 16.5. The predicted molar refractivity (Wildman–Crippen MR) is 103 cm³/mol. The summed E-state index contributed by atoms with van der Waals surface area (Å²) in [6.07, 6.45) is 19.6. The Morgan fingerprint density at radius 1 is 0.800 bits per heavy atom. The lowest BCUT2D eigenvalue weighted by Gasteiger charge is -2.54. The number of rotatable bonds is 5. The second-order valence-electron chi connectivity index (χ2n) is 9.23. The Labute approximate surface area is 155 Å². The van der Waals surface area contributed by atoms with Crippen molar-refractivity contribution in [2.45, 2.75) is 110 Å². The van der Waals surface area contributed by atoms with E-state index in [1.165, 1.54) is 77.0 Å². The van der Waals surface area contributed by atoms with E-state index in [0.717, 1.165) is 31.1 Å². The van der Waals surface area contributed by atoms with Crippen molar-refractivity contribution in [1.82, 2.24) is 0 Å². The zero-order valence-electron chi connectivity index (χ0n) is 16.8. The van der Waals surface area contributed by atoms with Gasteiger partial charge in [0.15, 0.2) is 0 Å². The van der Waals surface area contributed by atoms with Crippen molar-refractivity contribution in [1.29, 1.82) is 0 Å². The molecule has 0 aromatic carbocycles. The molecule has 0 aliphatic heterocycles. The van der Waals surface area contributed by atoms with Crippen LogP contribution in [0, 0.1) is 22.7 Å². The summed E-state index contributed by atoms with van der Waals surface area (Å²) >= 11 is 0. The molecule has 0 bridgehead atoms. The topological polar surface area (TPSA) is 26.3 Å². The van der Waals surface area contributed by atoms with E-state index in [1.54, 1.807) is 0 Å². The van der Waals surface area contributed by atoms with Crippen LogP contribution in [-0.4, -0.2) is 12.6 Å². The fraction of sp³-hybridized carbons (Fsp3) is 0.957. The van der Waals surface area contributed by atoms with Gasteiger partial charge in [0.1, 0.15) is 0 Å². The molecule has 0 aromatic heterocycles. The molecule has 0 radical (unpaired) electrons. The van der Waals surface area contributed by atoms with Crippen LogP contribution in [0.4, 0.5) is 0 Å². The highest BCUT2D eigenvalue weighted by molar-refractivity contribution is 5.78. The lowest BCUT2D eigenvalue weighted by atomic mass is 9.49. The number of hydrogen-bond acceptors (Lipinski definition) is 2. The molecule has 3 fully saturated rings. The summed E-state index contributed by atoms with van der Waals surface area (Å²) in [5.74, 6) is 2.06. The Hall–Kier alpha value is -0.530. The van der Waals surface area contributed by atoms with Gasteiger partial charge in [0.25, 0.3) is 0 Å². The number of carbonyl (C=O) groups excluding carboxylic acids is 1. The first kappa shape index (κ1) is 19.2. The van der Waals surface area contributed by atoms with Gasteiger partial charge in [0.05, 0.1) is 12.0 Å². The standard InChI is InChI=1S/C23H40O2/c1-3-22(23(21(24)25-4-2)15-9-6-10-16-23)17-13-20(14-18-22)19-11-7-5-8-12-19/h19-20H,3-18H2,1-2H3. The maximum Gasteiger partial charge on any atom is 0.312 e. The summed E-state index contributed by atoms with van der Waals surface area (Å²) in [6.45, 7) is 4.84. The van der Waals surface area contributed by atoms with Crippen LogP contribution in [0.2, 0.25) is 0 Å². The van der Waals surface area contributed by atoms with Crippen molar-refractivity contribution in [2.75, 3.05) is 6.61 Å². The van der Waals surface area contributed by atoms with Crippen molar-refractivity contribution in [3.05, 3.63) is 0 Å². The largest absolute Gasteiger partial charge is 0.466 e. The van der Waals surface area contributed by atoms with Crippen molar-refractivity contribution >= 4 is 5.97 Å². The minimum Gasteiger partial charge on any atom is -0.466 e. The van der Waals surface area contributed by atoms with Gasteiger partial charge in [-0.1, -0.05) is 58.3 Å². The molecule has 0 saturated heterocycles. The lowest BCUT2D eigenvalue weighted by molar-refractivity contribution is -0.174. The third-order valence-electron chi connectivity index (χ3n) is 8.37. The van der Waals surface area contributed by atoms with Crippen LogP contribution in [0.5, 0.6) is 0 Å². The first-order valence-electron chi connectivity index (χ1n) is 11.3. The fourth-order valence-electron chi connectivity index (χ4n) is 6.82. The predicted octanol–water partition coefficient (Wildman–Crippen LogP) is 6.67. The molecular formula is C23H40O2. The van der Waals surface area contributed by atoms with Gasteiger partial charge in [-0.2, -0.15) is 0 Å². The summed E-state index contributed by atoms with van der Waals surface area (Å²) in [6, 6.07) is 0. The Bertz CT molecular complexity index is 421. The van der Waals surface area contributed by atoms with Crippen LogP contribution in [0.15, 0.2) is 0 Å². The third-order valence-corrected chi connectivity index (χ3v) is 8.37. The molecule has 3 saturated carbocycles. The van der Waals surface area contributed by atoms with Gasteiger partial charge in [-0.05, 0) is 69.1 Å². The van der Waals surface area contributed by atoms with Gasteiger partial charge < -0.3 is 4.74 Å². The molecule has 3 aliphatic carbocycles. The Balaban J connectivity index is 1.75. The molecule has 2 nitrogen and oxygen atoms in total. The summed E-state index contributed by atoms with van der Waals surface area (Å²) in [4.78, 5) is 13.1. The molecule has 0 N–H and O–H groups in total. The molecule has 25 heavy (non-hydrogen) atoms. The molecule has 3 aliphatic rings. The van der Waals surface area contributed by atoms with Crippen molar-refractivity contribution in [3.8, 4) is 0 Å². The average molecular weight is 349 g/mol. The van der Waals surface area contributed by atoms with Crippen LogP contribution in [0.25, 0.3) is 0 Å². The van der Waals surface area contributed by atoms with Gasteiger partial charge in [-0.15, -0.1) is 0 Å². The van der Waals surface area contributed by atoms with Crippen molar-refractivity contribution in [2.24, 2.45) is 22.7 Å². The SMILES string of the molecule is CCOC(=O)C1(C2(CC)CCC(C3CCCCC3)CC2)CCCCC1. The van der Waals surface area contributed by atoms with Crippen molar-refractivity contribution in [3.63, 3.8) is 0 Å². The normalized spacial score (nSPS) is 33.8. The molecule has 0 amide bonds. The van der Waals surface area contributed by atoms with Crippen LogP contribution in [0.1, 0.15) is 110 Å². The van der Waals surface area contributed by atoms with Crippen LogP contribution >= 0.6 is 0 Å². The summed E-state index contributed by atoms with van der Waals surface area (Å²) < 4.78 is 5.67. The van der Waals surface area contributed by atoms with E-state index in [2.05, 4.69) is 6.92 Å². The summed E-state index contributed by atoms with van der Waals surface area (Å²) in [7, 11) is 0. The van der Waals surface area contributed by atoms with Gasteiger partial charge in [0, 0.05) is 0 Å². The molecule has 0 atom stereocenters. The van der Waals surface area contributed by atoms with E-state index in [9.17, 15) is 4.79 Å². The zero-order chi connectivity index (χ0) is 17.8. The van der Waals surface area contributed by atoms with Crippen LogP contribution < -0.4 is 0 Å². The number of carbonyl (C=O) groups is 1. The molecule has 0 aromatic rings. The van der Waals surface area contributed by atoms with E-state index in [1.807, 2.05) is 6.92 Å². The monoisotopic (exact) mass is 348 g/mol. The quantitative estimate of drug-likeness (QED) is 0.519. The van der Waals surface area contributed by atoms with E-state index in [-0.39, 0.29) is 16.8 Å². The smallest absolute Gasteiger partial charge is 0.312 e.